The van der Waals surface area contributed by atoms with Crippen LogP contribution in [0.1, 0.15) is 39.0 Å². The van der Waals surface area contributed by atoms with Gasteiger partial charge in [-0.3, -0.25) is 4.90 Å². The van der Waals surface area contributed by atoms with Crippen molar-refractivity contribution in [1.29, 1.82) is 0 Å². The van der Waals surface area contributed by atoms with Gasteiger partial charge in [-0.2, -0.15) is 0 Å². The molecule has 0 saturated heterocycles. The predicted octanol–water partition coefficient (Wildman–Crippen LogP) is 1.88. The summed E-state index contributed by atoms with van der Waals surface area (Å²) in [5, 5.41) is 3.59. The van der Waals surface area contributed by atoms with E-state index >= 15 is 0 Å². The van der Waals surface area contributed by atoms with Crippen LogP contribution in [0.3, 0.4) is 0 Å². The molecule has 100 valence electrons. The smallest absolute Gasteiger partial charge is 0.0589 e. The van der Waals surface area contributed by atoms with Gasteiger partial charge in [0.25, 0.3) is 0 Å². The van der Waals surface area contributed by atoms with Crippen LogP contribution in [0.15, 0.2) is 0 Å². The van der Waals surface area contributed by atoms with Crippen molar-refractivity contribution in [3.05, 3.63) is 0 Å². The Morgan fingerprint density at radius 1 is 1.24 bits per heavy atom. The first kappa shape index (κ1) is 13.3. The molecule has 0 bridgehead atoms. The van der Waals surface area contributed by atoms with Crippen LogP contribution in [0.4, 0.5) is 0 Å². The zero-order valence-corrected chi connectivity index (χ0v) is 11.5. The molecule has 0 aromatic heterocycles. The van der Waals surface area contributed by atoms with E-state index in [1.807, 2.05) is 0 Å². The minimum absolute atomic E-state index is 0.756. The van der Waals surface area contributed by atoms with Crippen molar-refractivity contribution in [3.8, 4) is 0 Å². The monoisotopic (exact) mass is 240 g/mol. The third-order valence-corrected chi connectivity index (χ3v) is 4.10. The van der Waals surface area contributed by atoms with Gasteiger partial charge in [-0.25, -0.2) is 0 Å². The average Bonchev–Trinajstić information content (AvgIpc) is 3.17. The van der Waals surface area contributed by atoms with Crippen molar-refractivity contribution in [2.24, 2.45) is 5.92 Å². The minimum Gasteiger partial charge on any atom is -0.383 e. The lowest BCUT2D eigenvalue weighted by atomic mass is 10.1. The second-order valence-corrected chi connectivity index (χ2v) is 5.69. The van der Waals surface area contributed by atoms with E-state index in [0.717, 1.165) is 31.2 Å². The molecule has 2 aliphatic carbocycles. The molecule has 3 heteroatoms. The number of nitrogens with one attached hydrogen (secondary N) is 1. The molecule has 2 aliphatic rings. The summed E-state index contributed by atoms with van der Waals surface area (Å²) in [6.45, 7) is 6.76. The molecule has 0 spiro atoms. The van der Waals surface area contributed by atoms with Gasteiger partial charge in [-0.1, -0.05) is 0 Å². The molecule has 17 heavy (non-hydrogen) atoms. The molecule has 0 radical (unpaired) electrons. The highest BCUT2D eigenvalue weighted by molar-refractivity contribution is 4.85. The third kappa shape index (κ3) is 4.94. The molecular weight excluding hydrogens is 212 g/mol. The van der Waals surface area contributed by atoms with E-state index in [4.69, 9.17) is 4.74 Å². The van der Waals surface area contributed by atoms with Gasteiger partial charge in [-0.15, -0.1) is 0 Å². The molecule has 0 aliphatic heterocycles. The van der Waals surface area contributed by atoms with E-state index < -0.39 is 0 Å². The maximum absolute atomic E-state index is 5.22. The fourth-order valence-corrected chi connectivity index (χ4v) is 2.48. The van der Waals surface area contributed by atoms with Crippen molar-refractivity contribution in [2.75, 3.05) is 33.4 Å². The maximum Gasteiger partial charge on any atom is 0.0589 e. The molecule has 0 heterocycles. The molecule has 0 aromatic rings. The quantitative estimate of drug-likeness (QED) is 0.590. The lowest BCUT2D eigenvalue weighted by Gasteiger charge is -2.29. The van der Waals surface area contributed by atoms with Gasteiger partial charge in [0.05, 0.1) is 6.61 Å². The Kier molecular flexibility index (Phi) is 5.26. The van der Waals surface area contributed by atoms with Gasteiger partial charge in [0.2, 0.25) is 0 Å². The predicted molar refractivity (Wildman–Crippen MR) is 71.3 cm³/mol. The molecule has 1 N–H and O–H groups in total. The Morgan fingerprint density at radius 2 is 2.00 bits per heavy atom. The topological polar surface area (TPSA) is 24.5 Å². The van der Waals surface area contributed by atoms with Crippen LogP contribution in [0, 0.1) is 5.92 Å². The highest BCUT2D eigenvalue weighted by atomic mass is 16.5. The summed E-state index contributed by atoms with van der Waals surface area (Å²) in [4.78, 5) is 2.62. The number of hydrogen-bond donors (Lipinski definition) is 1. The SMILES string of the molecule is COCCN(CCCNC1CC1)C(C)C1CC1. The summed E-state index contributed by atoms with van der Waals surface area (Å²) in [5.41, 5.74) is 0. The fourth-order valence-electron chi connectivity index (χ4n) is 2.48. The van der Waals surface area contributed by atoms with Gasteiger partial charge in [0.15, 0.2) is 0 Å². The second-order valence-electron chi connectivity index (χ2n) is 5.69. The number of ether oxygens (including phenoxy) is 1. The van der Waals surface area contributed by atoms with Gasteiger partial charge in [0.1, 0.15) is 0 Å². The van der Waals surface area contributed by atoms with E-state index in [0.29, 0.717) is 0 Å². The zero-order valence-electron chi connectivity index (χ0n) is 11.5. The van der Waals surface area contributed by atoms with Crippen molar-refractivity contribution in [2.45, 2.75) is 51.1 Å². The van der Waals surface area contributed by atoms with Crippen molar-refractivity contribution in [1.82, 2.24) is 10.2 Å². The van der Waals surface area contributed by atoms with Crippen LogP contribution >= 0.6 is 0 Å². The Hall–Kier alpha value is -0.120. The second kappa shape index (κ2) is 6.72. The van der Waals surface area contributed by atoms with Gasteiger partial charge in [-0.05, 0) is 58.0 Å². The Balaban J connectivity index is 1.61. The zero-order chi connectivity index (χ0) is 12.1. The molecule has 2 rings (SSSR count). The van der Waals surface area contributed by atoms with Crippen LogP contribution < -0.4 is 5.32 Å². The molecule has 3 nitrogen and oxygen atoms in total. The first-order chi connectivity index (χ1) is 8.31. The molecule has 2 saturated carbocycles. The summed E-state index contributed by atoms with van der Waals surface area (Å²) in [6.07, 6.45) is 6.94. The van der Waals surface area contributed by atoms with Crippen LogP contribution in [0.2, 0.25) is 0 Å². The molecule has 2 fully saturated rings. The number of hydrogen-bond acceptors (Lipinski definition) is 3. The first-order valence-corrected chi connectivity index (χ1v) is 7.27. The lowest BCUT2D eigenvalue weighted by molar-refractivity contribution is 0.116. The van der Waals surface area contributed by atoms with Gasteiger partial charge in [0, 0.05) is 25.7 Å². The third-order valence-electron chi connectivity index (χ3n) is 4.10. The minimum atomic E-state index is 0.756. The van der Waals surface area contributed by atoms with Crippen LogP contribution in [-0.2, 0) is 4.74 Å². The summed E-state index contributed by atoms with van der Waals surface area (Å²) in [7, 11) is 1.80. The summed E-state index contributed by atoms with van der Waals surface area (Å²) >= 11 is 0. The Morgan fingerprint density at radius 3 is 2.59 bits per heavy atom. The highest BCUT2D eigenvalue weighted by Crippen LogP contribution is 2.35. The van der Waals surface area contributed by atoms with E-state index in [2.05, 4.69) is 17.1 Å². The molecule has 1 atom stereocenters. The summed E-state index contributed by atoms with van der Waals surface area (Å²) in [6, 6.07) is 1.61. The van der Waals surface area contributed by atoms with E-state index in [1.54, 1.807) is 7.11 Å². The van der Waals surface area contributed by atoms with E-state index in [1.165, 1.54) is 45.2 Å². The largest absolute Gasteiger partial charge is 0.383 e. The highest BCUT2D eigenvalue weighted by Gasteiger charge is 2.31. The summed E-state index contributed by atoms with van der Waals surface area (Å²) < 4.78 is 5.22. The van der Waals surface area contributed by atoms with Crippen molar-refractivity contribution in [3.63, 3.8) is 0 Å². The molecule has 1 unspecified atom stereocenters. The number of methoxy groups -OCH3 is 1. The van der Waals surface area contributed by atoms with Gasteiger partial charge < -0.3 is 10.1 Å². The van der Waals surface area contributed by atoms with Crippen molar-refractivity contribution < 1.29 is 4.74 Å². The number of nitrogens with zero attached hydrogens (tertiary/aromatic N) is 1. The van der Waals surface area contributed by atoms with Crippen LogP contribution in [0.25, 0.3) is 0 Å². The molecule has 0 amide bonds. The van der Waals surface area contributed by atoms with Gasteiger partial charge >= 0.3 is 0 Å². The Bertz CT molecular complexity index is 214. The standard InChI is InChI=1S/C14H28N2O/c1-12(13-4-5-13)16(10-11-17-2)9-3-8-15-14-6-7-14/h12-15H,3-11H2,1-2H3. The van der Waals surface area contributed by atoms with Crippen LogP contribution in [0.5, 0.6) is 0 Å². The normalized spacial score (nSPS) is 22.1. The molecule has 0 aromatic carbocycles. The fraction of sp³-hybridized carbons (Fsp3) is 1.00. The Labute approximate surface area is 106 Å². The maximum atomic E-state index is 5.22. The number of rotatable bonds is 10. The van der Waals surface area contributed by atoms with E-state index in [9.17, 15) is 0 Å². The van der Waals surface area contributed by atoms with Crippen molar-refractivity contribution >= 4 is 0 Å². The lowest BCUT2D eigenvalue weighted by Crippen LogP contribution is -2.39. The van der Waals surface area contributed by atoms with Crippen LogP contribution in [-0.4, -0.2) is 50.3 Å². The van der Waals surface area contributed by atoms with E-state index in [-0.39, 0.29) is 0 Å². The molecular formula is C14H28N2O. The first-order valence-electron chi connectivity index (χ1n) is 7.27. The average molecular weight is 240 g/mol. The summed E-state index contributed by atoms with van der Waals surface area (Å²) in [5.74, 6) is 0.961.